The van der Waals surface area contributed by atoms with Crippen molar-refractivity contribution in [2.24, 2.45) is 0 Å². The van der Waals surface area contributed by atoms with E-state index in [9.17, 15) is 4.79 Å². The number of benzene rings is 2. The number of nitrogens with one attached hydrogen (secondary N) is 1. The van der Waals surface area contributed by atoms with Crippen LogP contribution in [-0.4, -0.2) is 62.2 Å². The molecule has 0 saturated heterocycles. The number of anilines is 1. The lowest BCUT2D eigenvalue weighted by atomic mass is 10.2. The van der Waals surface area contributed by atoms with Crippen molar-refractivity contribution in [1.82, 2.24) is 14.0 Å². The average Bonchev–Trinajstić information content (AvgIpc) is 3.58. The van der Waals surface area contributed by atoms with Crippen LogP contribution in [0.2, 0.25) is 0 Å². The molecule has 1 amide bonds. The molecule has 0 spiro atoms. The van der Waals surface area contributed by atoms with Gasteiger partial charge in [0.2, 0.25) is 0 Å². The van der Waals surface area contributed by atoms with Crippen molar-refractivity contribution in [3.63, 3.8) is 0 Å². The number of nitriles is 2. The van der Waals surface area contributed by atoms with Crippen molar-refractivity contribution < 1.29 is 24.2 Å². The quantitative estimate of drug-likeness (QED) is 0.209. The fourth-order valence-corrected chi connectivity index (χ4v) is 4.41. The molecular weight excluding hydrogens is 620 g/mol. The van der Waals surface area contributed by atoms with Gasteiger partial charge in [0.25, 0.3) is 0 Å². The number of hydrogen-bond acceptors (Lipinski definition) is 8. The third-order valence-electron chi connectivity index (χ3n) is 6.58. The van der Waals surface area contributed by atoms with E-state index < -0.39 is 17.3 Å². The second-order valence-electron chi connectivity index (χ2n) is 12.6. The number of aliphatic hydroxyl groups is 1. The number of amides is 1. The largest absolute Gasteiger partial charge is 0.444 e. The third kappa shape index (κ3) is 16.6. The highest BCUT2D eigenvalue weighted by atomic mass is 16.6. The molecule has 2 heterocycles. The highest BCUT2D eigenvalue weighted by Crippen LogP contribution is 2.25. The number of nitrogens with zero attached hydrogens (tertiary/aromatic N) is 5. The second-order valence-corrected chi connectivity index (χ2v) is 12.6. The molecule has 4 rings (SSSR count). The van der Waals surface area contributed by atoms with Crippen LogP contribution in [0.5, 0.6) is 0 Å². The van der Waals surface area contributed by atoms with E-state index in [2.05, 4.69) is 54.6 Å². The van der Waals surface area contributed by atoms with Gasteiger partial charge in [-0.05, 0) is 99.3 Å². The van der Waals surface area contributed by atoms with E-state index in [4.69, 9.17) is 30.0 Å². The lowest BCUT2D eigenvalue weighted by Gasteiger charge is -2.19. The van der Waals surface area contributed by atoms with E-state index in [0.717, 1.165) is 40.5 Å². The van der Waals surface area contributed by atoms with Crippen LogP contribution < -0.4 is 5.32 Å². The third-order valence-corrected chi connectivity index (χ3v) is 6.58. The number of carbonyl (C=O) groups is 1. The highest BCUT2D eigenvalue weighted by Gasteiger charge is 2.17. The van der Waals surface area contributed by atoms with Gasteiger partial charge in [0.1, 0.15) is 17.7 Å². The normalized spacial score (nSPS) is 10.3. The fraction of sp³-hybridized carbons (Fsp3) is 0.474. The minimum absolute atomic E-state index is 0.250. The predicted octanol–water partition coefficient (Wildman–Crippen LogP) is 7.95. The number of fused-ring (bicyclic) bond motifs is 2. The van der Waals surface area contributed by atoms with Crippen LogP contribution in [0.4, 0.5) is 10.5 Å². The molecule has 0 unspecified atom stereocenters. The summed E-state index contributed by atoms with van der Waals surface area (Å²) in [6, 6.07) is 17.8. The molecule has 0 atom stereocenters. The van der Waals surface area contributed by atoms with Crippen LogP contribution in [0.25, 0.3) is 21.8 Å². The molecule has 2 N–H and O–H groups in total. The first-order valence-electron chi connectivity index (χ1n) is 16.4. The fourth-order valence-electron chi connectivity index (χ4n) is 4.41. The zero-order valence-electron chi connectivity index (χ0n) is 31.0. The van der Waals surface area contributed by atoms with E-state index >= 15 is 0 Å². The molecule has 266 valence electrons. The maximum atomic E-state index is 11.8. The van der Waals surface area contributed by atoms with E-state index in [0.29, 0.717) is 11.3 Å². The molecule has 11 nitrogen and oxygen atoms in total. The summed E-state index contributed by atoms with van der Waals surface area (Å²) < 4.78 is 9.30. The van der Waals surface area contributed by atoms with Gasteiger partial charge in [-0.15, -0.1) is 0 Å². The van der Waals surface area contributed by atoms with Crippen molar-refractivity contribution in [2.75, 3.05) is 25.0 Å². The first-order chi connectivity index (χ1) is 23.0. The SMILES string of the molecule is CC(C)(C)O.CCN(CC)CC.CCn1cc(C#N)c2ccc(NC(=O)OC(C)(C)C)cc21.CCn1cc(C#N)c2ccccc21.O=C=O. The van der Waals surface area contributed by atoms with E-state index in [-0.39, 0.29) is 6.15 Å². The zero-order chi connectivity index (χ0) is 37.8. The lowest BCUT2D eigenvalue weighted by molar-refractivity contribution is -0.191. The molecule has 0 saturated carbocycles. The number of carbonyl (C=O) groups excluding carboxylic acids is 3. The predicted molar refractivity (Wildman–Crippen MR) is 195 cm³/mol. The molecule has 0 radical (unpaired) electrons. The summed E-state index contributed by atoms with van der Waals surface area (Å²) in [5.74, 6) is 0. The summed E-state index contributed by atoms with van der Waals surface area (Å²) in [5.41, 5.74) is 3.07. The Hall–Kier alpha value is -4.93. The van der Waals surface area contributed by atoms with Gasteiger partial charge in [0, 0.05) is 47.5 Å². The molecule has 4 aromatic rings. The first kappa shape index (κ1) is 44.1. The Balaban J connectivity index is 0.000000697. The summed E-state index contributed by atoms with van der Waals surface area (Å²) in [7, 11) is 0. The maximum Gasteiger partial charge on any atom is 0.412 e. The lowest BCUT2D eigenvalue weighted by Crippen LogP contribution is -2.27. The van der Waals surface area contributed by atoms with Crippen molar-refractivity contribution in [1.29, 1.82) is 10.5 Å². The zero-order valence-corrected chi connectivity index (χ0v) is 31.0. The van der Waals surface area contributed by atoms with E-state index in [1.54, 1.807) is 26.8 Å². The Kier molecular flexibility index (Phi) is 19.6. The minimum Gasteiger partial charge on any atom is -0.444 e. The number of ether oxygens (including phenoxy) is 1. The number of aromatic nitrogens is 2. The molecule has 11 heteroatoms. The van der Waals surface area contributed by atoms with Crippen LogP contribution in [0, 0.1) is 22.7 Å². The Bertz CT molecular complexity index is 1690. The van der Waals surface area contributed by atoms with Crippen LogP contribution >= 0.6 is 0 Å². The Morgan fingerprint density at radius 1 is 0.796 bits per heavy atom. The van der Waals surface area contributed by atoms with Gasteiger partial charge in [0.05, 0.1) is 22.2 Å². The number of hydrogen-bond donors (Lipinski definition) is 2. The standard InChI is InChI=1S/C16H19N3O2.C11H10N2.C6H15N.C4H10O.CO2/c1-5-19-10-11(9-17)13-7-6-12(8-14(13)19)18-15(20)21-16(2,3)4;1-2-13-8-9(7-12)10-5-3-4-6-11(10)13;1-4-7(5-2)6-3;1-4(2,3)5;2-1-3/h6-8,10H,5H2,1-4H3,(H,18,20);3-6,8H,2H2,1H3;4-6H2,1-3H3;5H,1-3H3;. The van der Waals surface area contributed by atoms with Gasteiger partial charge in [0.15, 0.2) is 0 Å². The summed E-state index contributed by atoms with van der Waals surface area (Å²) >= 11 is 0. The summed E-state index contributed by atoms with van der Waals surface area (Å²) in [6.45, 7) is 26.6. The average molecular weight is 675 g/mol. The van der Waals surface area contributed by atoms with E-state index in [1.807, 2.05) is 81.1 Å². The second kappa shape index (κ2) is 21.8. The van der Waals surface area contributed by atoms with Crippen LogP contribution in [0.1, 0.15) is 87.3 Å². The van der Waals surface area contributed by atoms with Crippen LogP contribution in [0.3, 0.4) is 0 Å². The van der Waals surface area contributed by atoms with Gasteiger partial charge in [-0.1, -0.05) is 39.0 Å². The monoisotopic (exact) mass is 674 g/mol. The van der Waals surface area contributed by atoms with Crippen LogP contribution in [0.15, 0.2) is 54.9 Å². The summed E-state index contributed by atoms with van der Waals surface area (Å²) in [6.07, 6.45) is 3.49. The van der Waals surface area contributed by atoms with E-state index in [1.165, 1.54) is 19.6 Å². The van der Waals surface area contributed by atoms with Crippen LogP contribution in [-0.2, 0) is 27.4 Å². The minimum atomic E-state index is -0.536. The topological polar surface area (TPSA) is 153 Å². The van der Waals surface area contributed by atoms with Gasteiger partial charge < -0.3 is 23.9 Å². The molecule has 2 aromatic heterocycles. The van der Waals surface area contributed by atoms with Crippen molar-refractivity contribution in [3.05, 3.63) is 66.0 Å². The van der Waals surface area contributed by atoms with Gasteiger partial charge >= 0.3 is 12.2 Å². The molecule has 0 bridgehead atoms. The smallest absolute Gasteiger partial charge is 0.412 e. The number of aryl methyl sites for hydroxylation is 2. The summed E-state index contributed by atoms with van der Waals surface area (Å²) in [4.78, 5) is 30.4. The molecule has 49 heavy (non-hydrogen) atoms. The van der Waals surface area contributed by atoms with Gasteiger partial charge in [-0.2, -0.15) is 20.1 Å². The molecular formula is C38H54N6O5. The Labute approximate surface area is 291 Å². The molecule has 0 aliphatic heterocycles. The molecule has 0 aliphatic rings. The first-order valence-corrected chi connectivity index (χ1v) is 16.4. The Morgan fingerprint density at radius 3 is 1.61 bits per heavy atom. The number of para-hydroxylation sites is 1. The highest BCUT2D eigenvalue weighted by molar-refractivity contribution is 5.93. The molecule has 0 fully saturated rings. The summed E-state index contributed by atoms with van der Waals surface area (Å²) in [5, 5.41) is 31.2. The van der Waals surface area contributed by atoms with Crippen molar-refractivity contribution in [2.45, 2.75) is 100 Å². The number of rotatable bonds is 6. The van der Waals surface area contributed by atoms with Gasteiger partial charge in [-0.3, -0.25) is 5.32 Å². The maximum absolute atomic E-state index is 11.8. The van der Waals surface area contributed by atoms with Crippen molar-refractivity contribution >= 4 is 39.7 Å². The van der Waals surface area contributed by atoms with Crippen molar-refractivity contribution in [3.8, 4) is 12.1 Å². The Morgan fingerprint density at radius 2 is 1.22 bits per heavy atom. The molecule has 2 aromatic carbocycles. The molecule has 0 aliphatic carbocycles. The van der Waals surface area contributed by atoms with Gasteiger partial charge in [-0.25, -0.2) is 4.79 Å².